The minimum atomic E-state index is -0.0814. The van der Waals surface area contributed by atoms with Gasteiger partial charge in [0, 0.05) is 13.3 Å². The van der Waals surface area contributed by atoms with Gasteiger partial charge in [0.15, 0.2) is 0 Å². The van der Waals surface area contributed by atoms with Crippen LogP contribution in [0.2, 0.25) is 0 Å². The van der Waals surface area contributed by atoms with Crippen molar-refractivity contribution in [2.75, 3.05) is 5.75 Å². The average molecular weight is 238 g/mol. The van der Waals surface area contributed by atoms with Gasteiger partial charge in [-0.05, 0) is 37.0 Å². The number of thioether (sulfide) groups is 1. The van der Waals surface area contributed by atoms with Crippen LogP contribution in [0.3, 0.4) is 0 Å². The lowest BCUT2D eigenvalue weighted by atomic mass is 10.2. The van der Waals surface area contributed by atoms with E-state index in [0.29, 0.717) is 0 Å². The van der Waals surface area contributed by atoms with Crippen LogP contribution in [0.15, 0.2) is 12.2 Å². The van der Waals surface area contributed by atoms with Crippen LogP contribution in [0.4, 0.5) is 0 Å². The number of Topliss-reactive ketones (excluding diaryl/α,β-unsaturated/α-hetero) is 1. The first-order valence-electron chi connectivity index (χ1n) is 5.49. The quantitative estimate of drug-likeness (QED) is 0.309. The lowest BCUT2D eigenvalue weighted by Crippen LogP contribution is -1.84. The molecule has 0 bridgehead atoms. The van der Waals surface area contributed by atoms with Gasteiger partial charge in [-0.2, -0.15) is 0 Å². The maximum absolute atomic E-state index is 11.1. The van der Waals surface area contributed by atoms with Gasteiger partial charge in [-0.15, -0.1) is 0 Å². The highest BCUT2D eigenvalue weighted by Crippen LogP contribution is 2.04. The molecule has 0 amide bonds. The Kier molecular flexibility index (Phi) is 9.84. The largest absolute Gasteiger partial charge is 0.285 e. The molecule has 0 saturated carbocycles. The first-order valence-corrected chi connectivity index (χ1v) is 6.48. The Morgan fingerprint density at radius 2 is 2.06 bits per heavy atom. The molecule has 88 valence electrons. The van der Waals surface area contributed by atoms with E-state index in [1.165, 1.54) is 18.7 Å². The Hall–Kier alpha value is -1.01. The van der Waals surface area contributed by atoms with Crippen LogP contribution in [0.25, 0.3) is 0 Å². The summed E-state index contributed by atoms with van der Waals surface area (Å²) in [6, 6.07) is 0. The molecule has 0 heterocycles. The highest BCUT2D eigenvalue weighted by molar-refractivity contribution is 8.14. The van der Waals surface area contributed by atoms with Crippen LogP contribution in [-0.2, 0) is 9.59 Å². The van der Waals surface area contributed by atoms with E-state index in [0.717, 1.165) is 31.4 Å². The second kappa shape index (κ2) is 10.5. The lowest BCUT2D eigenvalue weighted by molar-refractivity contribution is -0.112. The fourth-order valence-electron chi connectivity index (χ4n) is 1.03. The normalized spacial score (nSPS) is 9.88. The number of unbranched alkanes of at least 4 members (excludes halogenated alkanes) is 3. The van der Waals surface area contributed by atoms with Gasteiger partial charge in [-0.1, -0.05) is 30.7 Å². The molecule has 0 unspecified atom stereocenters. The standard InChI is InChI=1S/C13H18O2S/c1-3-16-13(15)11-9-7-5-4-6-8-10-12(2)14/h9,11H,3-7H2,1-2H3/b11-9+. The molecule has 2 nitrogen and oxygen atoms in total. The molecular weight excluding hydrogens is 220 g/mol. The molecule has 0 rings (SSSR count). The third kappa shape index (κ3) is 11.1. The summed E-state index contributed by atoms with van der Waals surface area (Å²) < 4.78 is 0. The fourth-order valence-corrected chi connectivity index (χ4v) is 1.51. The van der Waals surface area contributed by atoms with Crippen LogP contribution in [0.1, 0.15) is 39.5 Å². The smallest absolute Gasteiger partial charge is 0.211 e. The average Bonchev–Trinajstić information content (AvgIpc) is 2.22. The number of rotatable bonds is 6. The molecular formula is C13H18O2S. The number of hydrogen-bond acceptors (Lipinski definition) is 3. The summed E-state index contributed by atoms with van der Waals surface area (Å²) in [6.45, 7) is 3.43. The number of carbonyl (C=O) groups is 2. The summed E-state index contributed by atoms with van der Waals surface area (Å²) in [5.74, 6) is 6.06. The second-order valence-corrected chi connectivity index (χ2v) is 4.53. The predicted octanol–water partition coefficient (Wildman–Crippen LogP) is 2.98. The molecule has 0 aliphatic heterocycles. The van der Waals surface area contributed by atoms with Gasteiger partial charge in [0.2, 0.25) is 10.9 Å². The Morgan fingerprint density at radius 1 is 1.31 bits per heavy atom. The molecule has 16 heavy (non-hydrogen) atoms. The molecule has 0 atom stereocenters. The summed E-state index contributed by atoms with van der Waals surface area (Å²) in [5.41, 5.74) is 0. The van der Waals surface area contributed by atoms with Gasteiger partial charge in [0.1, 0.15) is 0 Å². The Bertz CT molecular complexity index is 308. The molecule has 0 aliphatic rings. The minimum absolute atomic E-state index is 0.0814. The van der Waals surface area contributed by atoms with Gasteiger partial charge in [0.25, 0.3) is 0 Å². The minimum Gasteiger partial charge on any atom is -0.285 e. The summed E-state index contributed by atoms with van der Waals surface area (Å²) in [6.07, 6.45) is 7.18. The highest BCUT2D eigenvalue weighted by Gasteiger charge is 1.92. The summed E-state index contributed by atoms with van der Waals surface area (Å²) in [5, 5.41) is 0.124. The van der Waals surface area contributed by atoms with Crippen molar-refractivity contribution >= 4 is 22.7 Å². The molecule has 0 aromatic rings. The highest BCUT2D eigenvalue weighted by atomic mass is 32.2. The van der Waals surface area contributed by atoms with Crippen molar-refractivity contribution in [2.45, 2.75) is 39.5 Å². The zero-order valence-corrected chi connectivity index (χ0v) is 10.7. The first-order chi connectivity index (χ1) is 7.66. The Morgan fingerprint density at radius 3 is 2.69 bits per heavy atom. The number of hydrogen-bond donors (Lipinski definition) is 0. The van der Waals surface area contributed by atoms with E-state index in [1.54, 1.807) is 6.08 Å². The van der Waals surface area contributed by atoms with Crippen molar-refractivity contribution in [1.29, 1.82) is 0 Å². The summed E-state index contributed by atoms with van der Waals surface area (Å²) in [7, 11) is 0. The number of ketones is 1. The van der Waals surface area contributed by atoms with Gasteiger partial charge < -0.3 is 0 Å². The van der Waals surface area contributed by atoms with E-state index in [1.807, 2.05) is 13.0 Å². The van der Waals surface area contributed by atoms with Crippen LogP contribution in [0, 0.1) is 11.8 Å². The van der Waals surface area contributed by atoms with E-state index in [-0.39, 0.29) is 10.9 Å². The third-order valence-corrected chi connectivity index (χ3v) is 2.44. The fraction of sp³-hybridized carbons (Fsp3) is 0.538. The molecule has 0 aromatic carbocycles. The third-order valence-electron chi connectivity index (χ3n) is 1.73. The van der Waals surface area contributed by atoms with Crippen molar-refractivity contribution in [1.82, 2.24) is 0 Å². The summed E-state index contributed by atoms with van der Waals surface area (Å²) >= 11 is 1.32. The molecule has 0 radical (unpaired) electrons. The topological polar surface area (TPSA) is 34.1 Å². The van der Waals surface area contributed by atoms with Crippen LogP contribution in [-0.4, -0.2) is 16.7 Å². The van der Waals surface area contributed by atoms with Crippen LogP contribution >= 0.6 is 11.8 Å². The van der Waals surface area contributed by atoms with Crippen molar-refractivity contribution < 1.29 is 9.59 Å². The van der Waals surface area contributed by atoms with Gasteiger partial charge in [0.05, 0.1) is 0 Å². The monoisotopic (exact) mass is 238 g/mol. The van der Waals surface area contributed by atoms with Crippen LogP contribution in [0.5, 0.6) is 0 Å². The van der Waals surface area contributed by atoms with E-state index >= 15 is 0 Å². The van der Waals surface area contributed by atoms with Gasteiger partial charge in [-0.3, -0.25) is 9.59 Å². The van der Waals surface area contributed by atoms with E-state index in [4.69, 9.17) is 0 Å². The van der Waals surface area contributed by atoms with E-state index in [9.17, 15) is 9.59 Å². The molecule has 0 spiro atoms. The predicted molar refractivity (Wildman–Crippen MR) is 69.2 cm³/mol. The SMILES string of the molecule is CCSC(=O)/C=C/CCCCC#CC(C)=O. The lowest BCUT2D eigenvalue weighted by Gasteiger charge is -1.91. The maximum atomic E-state index is 11.1. The zero-order valence-electron chi connectivity index (χ0n) is 9.91. The molecule has 3 heteroatoms. The molecule has 0 aromatic heterocycles. The summed E-state index contributed by atoms with van der Waals surface area (Å²) in [4.78, 5) is 21.6. The second-order valence-electron chi connectivity index (χ2n) is 3.26. The van der Waals surface area contributed by atoms with Crippen LogP contribution < -0.4 is 0 Å². The van der Waals surface area contributed by atoms with Crippen molar-refractivity contribution in [2.24, 2.45) is 0 Å². The zero-order chi connectivity index (χ0) is 12.2. The Labute approximate surface area is 102 Å². The van der Waals surface area contributed by atoms with Gasteiger partial charge in [-0.25, -0.2) is 0 Å². The maximum Gasteiger partial charge on any atom is 0.211 e. The first kappa shape index (κ1) is 15.0. The van der Waals surface area contributed by atoms with Crippen molar-refractivity contribution in [3.8, 4) is 11.8 Å². The van der Waals surface area contributed by atoms with E-state index < -0.39 is 0 Å². The van der Waals surface area contributed by atoms with Gasteiger partial charge >= 0.3 is 0 Å². The molecule has 0 fully saturated rings. The molecule has 0 N–H and O–H groups in total. The number of allylic oxidation sites excluding steroid dienone is 1. The van der Waals surface area contributed by atoms with Crippen molar-refractivity contribution in [3.63, 3.8) is 0 Å². The molecule has 0 saturated heterocycles. The molecule has 0 aliphatic carbocycles. The Balaban J connectivity index is 3.44. The van der Waals surface area contributed by atoms with E-state index in [2.05, 4.69) is 11.8 Å². The number of carbonyl (C=O) groups excluding carboxylic acids is 2. The van der Waals surface area contributed by atoms with Crippen molar-refractivity contribution in [3.05, 3.63) is 12.2 Å².